The second-order valence-electron chi connectivity index (χ2n) is 5.56. The number of aliphatic hydroxyl groups is 1. The van der Waals surface area contributed by atoms with Crippen molar-refractivity contribution in [3.05, 3.63) is 0 Å². The Morgan fingerprint density at radius 3 is 1.95 bits per heavy atom. The Bertz CT molecular complexity index is 216. The molecule has 120 valence electrons. The van der Waals surface area contributed by atoms with Crippen molar-refractivity contribution in [3.8, 4) is 0 Å². The van der Waals surface area contributed by atoms with Crippen LogP contribution in [0.2, 0.25) is 0 Å². The standard InChI is InChI=1S/C15H34N4O/c1-2-18-10-4-8-16-6-3-7-17-9-5-11-19(13-12-18)14-15-20/h16-17,20H,2-15H2,1H3. The van der Waals surface area contributed by atoms with E-state index in [9.17, 15) is 5.11 Å². The van der Waals surface area contributed by atoms with Gasteiger partial charge >= 0.3 is 0 Å². The van der Waals surface area contributed by atoms with Crippen LogP contribution in [0.3, 0.4) is 0 Å². The molecule has 0 saturated carbocycles. The molecule has 0 aliphatic carbocycles. The van der Waals surface area contributed by atoms with E-state index in [4.69, 9.17) is 0 Å². The molecule has 1 saturated heterocycles. The Morgan fingerprint density at radius 1 is 0.800 bits per heavy atom. The van der Waals surface area contributed by atoms with Crippen LogP contribution < -0.4 is 10.6 Å². The van der Waals surface area contributed by atoms with Crippen molar-refractivity contribution in [1.29, 1.82) is 0 Å². The highest BCUT2D eigenvalue weighted by Crippen LogP contribution is 1.96. The third-order valence-electron chi connectivity index (χ3n) is 3.96. The van der Waals surface area contributed by atoms with E-state index >= 15 is 0 Å². The van der Waals surface area contributed by atoms with Gasteiger partial charge in [0.05, 0.1) is 6.61 Å². The number of likely N-dealkylation sites (N-methyl/N-ethyl adjacent to an activating group) is 1. The zero-order valence-corrected chi connectivity index (χ0v) is 13.2. The van der Waals surface area contributed by atoms with Gasteiger partial charge in [-0.15, -0.1) is 0 Å². The molecule has 1 rings (SSSR count). The van der Waals surface area contributed by atoms with Gasteiger partial charge < -0.3 is 20.6 Å². The SMILES string of the molecule is CCN1CCCNCCCNCCCN(CCO)CC1. The lowest BCUT2D eigenvalue weighted by Gasteiger charge is -2.26. The number of nitrogens with zero attached hydrogens (tertiary/aromatic N) is 2. The van der Waals surface area contributed by atoms with Gasteiger partial charge in [-0.3, -0.25) is 4.90 Å². The fourth-order valence-corrected chi connectivity index (χ4v) is 2.63. The molecular weight excluding hydrogens is 252 g/mol. The summed E-state index contributed by atoms with van der Waals surface area (Å²) in [5.74, 6) is 0. The van der Waals surface area contributed by atoms with Crippen molar-refractivity contribution in [3.63, 3.8) is 0 Å². The van der Waals surface area contributed by atoms with Crippen molar-refractivity contribution >= 4 is 0 Å². The molecule has 0 aromatic carbocycles. The first kappa shape index (κ1) is 17.9. The summed E-state index contributed by atoms with van der Waals surface area (Å²) < 4.78 is 0. The van der Waals surface area contributed by atoms with Crippen LogP contribution in [0.4, 0.5) is 0 Å². The Hall–Kier alpha value is -0.200. The van der Waals surface area contributed by atoms with Gasteiger partial charge in [0.1, 0.15) is 0 Å². The summed E-state index contributed by atoms with van der Waals surface area (Å²) >= 11 is 0. The molecular formula is C15H34N4O. The van der Waals surface area contributed by atoms with E-state index in [1.165, 1.54) is 25.8 Å². The molecule has 1 aliphatic rings. The first-order valence-corrected chi connectivity index (χ1v) is 8.33. The predicted octanol–water partition coefficient (Wildman–Crippen LogP) is -0.0343. The summed E-state index contributed by atoms with van der Waals surface area (Å²) in [6, 6.07) is 0. The van der Waals surface area contributed by atoms with Crippen LogP contribution in [-0.2, 0) is 0 Å². The highest BCUT2D eigenvalue weighted by molar-refractivity contribution is 4.65. The average molecular weight is 286 g/mol. The molecule has 5 heteroatoms. The number of hydrogen-bond acceptors (Lipinski definition) is 5. The molecule has 0 amide bonds. The minimum atomic E-state index is 0.267. The summed E-state index contributed by atoms with van der Waals surface area (Å²) in [5, 5.41) is 16.2. The fourth-order valence-electron chi connectivity index (χ4n) is 2.63. The van der Waals surface area contributed by atoms with Gasteiger partial charge in [0, 0.05) is 19.6 Å². The predicted molar refractivity (Wildman–Crippen MR) is 85.2 cm³/mol. The van der Waals surface area contributed by atoms with Crippen molar-refractivity contribution in [2.45, 2.75) is 26.2 Å². The zero-order valence-electron chi connectivity index (χ0n) is 13.2. The van der Waals surface area contributed by atoms with E-state index < -0.39 is 0 Å². The van der Waals surface area contributed by atoms with Crippen molar-refractivity contribution < 1.29 is 5.11 Å². The zero-order chi connectivity index (χ0) is 14.5. The van der Waals surface area contributed by atoms with Crippen molar-refractivity contribution in [2.24, 2.45) is 0 Å². The van der Waals surface area contributed by atoms with Crippen LogP contribution >= 0.6 is 0 Å². The summed E-state index contributed by atoms with van der Waals surface area (Å²) in [4.78, 5) is 4.91. The molecule has 0 spiro atoms. The maximum atomic E-state index is 9.17. The van der Waals surface area contributed by atoms with Crippen molar-refractivity contribution in [2.75, 3.05) is 72.1 Å². The maximum Gasteiger partial charge on any atom is 0.0558 e. The molecule has 1 aliphatic heterocycles. The lowest BCUT2D eigenvalue weighted by Crippen LogP contribution is -2.38. The normalized spacial score (nSPS) is 23.1. The van der Waals surface area contributed by atoms with Gasteiger partial charge in [0.2, 0.25) is 0 Å². The topological polar surface area (TPSA) is 50.8 Å². The van der Waals surface area contributed by atoms with Crippen LogP contribution in [-0.4, -0.2) is 87.0 Å². The molecule has 1 fully saturated rings. The highest BCUT2D eigenvalue weighted by atomic mass is 16.3. The fraction of sp³-hybridized carbons (Fsp3) is 1.00. The summed E-state index contributed by atoms with van der Waals surface area (Å²) in [6.45, 7) is 13.3. The molecule has 0 bridgehead atoms. The largest absolute Gasteiger partial charge is 0.395 e. The van der Waals surface area contributed by atoms with Gasteiger partial charge in [-0.05, 0) is 65.1 Å². The second kappa shape index (κ2) is 12.5. The molecule has 0 atom stereocenters. The quantitative estimate of drug-likeness (QED) is 0.680. The lowest BCUT2D eigenvalue weighted by atomic mass is 10.3. The van der Waals surface area contributed by atoms with Crippen molar-refractivity contribution in [1.82, 2.24) is 20.4 Å². The average Bonchev–Trinajstić information content (AvgIpc) is 2.47. The van der Waals surface area contributed by atoms with Crippen LogP contribution in [0.15, 0.2) is 0 Å². The molecule has 3 N–H and O–H groups in total. The van der Waals surface area contributed by atoms with Crippen LogP contribution in [0.1, 0.15) is 26.2 Å². The van der Waals surface area contributed by atoms with Crippen LogP contribution in [0.5, 0.6) is 0 Å². The number of rotatable bonds is 3. The van der Waals surface area contributed by atoms with E-state index in [-0.39, 0.29) is 6.61 Å². The van der Waals surface area contributed by atoms with E-state index in [1.807, 2.05) is 0 Å². The van der Waals surface area contributed by atoms with Gasteiger partial charge in [0.15, 0.2) is 0 Å². The lowest BCUT2D eigenvalue weighted by molar-refractivity contribution is 0.168. The minimum absolute atomic E-state index is 0.267. The maximum absolute atomic E-state index is 9.17. The molecule has 0 aromatic heterocycles. The highest BCUT2D eigenvalue weighted by Gasteiger charge is 2.08. The number of β-amino-alcohol motifs (C(OH)–C–C–N with tert-alkyl or cyclic N) is 1. The molecule has 5 nitrogen and oxygen atoms in total. The summed E-state index contributed by atoms with van der Waals surface area (Å²) in [6.07, 6.45) is 3.60. The van der Waals surface area contributed by atoms with Gasteiger partial charge in [-0.2, -0.15) is 0 Å². The Kier molecular flexibility index (Phi) is 11.2. The molecule has 0 radical (unpaired) electrons. The Balaban J connectivity index is 2.36. The van der Waals surface area contributed by atoms with Crippen LogP contribution in [0.25, 0.3) is 0 Å². The Morgan fingerprint density at radius 2 is 1.35 bits per heavy atom. The number of aliphatic hydroxyl groups excluding tert-OH is 1. The molecule has 0 aromatic rings. The first-order valence-electron chi connectivity index (χ1n) is 8.33. The van der Waals surface area contributed by atoms with Gasteiger partial charge in [0.25, 0.3) is 0 Å². The first-order chi connectivity index (χ1) is 9.86. The summed E-state index contributed by atoms with van der Waals surface area (Å²) in [7, 11) is 0. The van der Waals surface area contributed by atoms with E-state index in [0.717, 1.165) is 58.9 Å². The smallest absolute Gasteiger partial charge is 0.0558 e. The third kappa shape index (κ3) is 8.87. The third-order valence-corrected chi connectivity index (χ3v) is 3.96. The number of nitrogens with one attached hydrogen (secondary N) is 2. The molecule has 20 heavy (non-hydrogen) atoms. The monoisotopic (exact) mass is 286 g/mol. The van der Waals surface area contributed by atoms with E-state index in [1.54, 1.807) is 0 Å². The van der Waals surface area contributed by atoms with E-state index in [2.05, 4.69) is 27.4 Å². The van der Waals surface area contributed by atoms with Gasteiger partial charge in [-0.25, -0.2) is 0 Å². The number of hydrogen-bond donors (Lipinski definition) is 3. The minimum Gasteiger partial charge on any atom is -0.395 e. The summed E-state index contributed by atoms with van der Waals surface area (Å²) in [5.41, 5.74) is 0. The van der Waals surface area contributed by atoms with E-state index in [0.29, 0.717) is 0 Å². The van der Waals surface area contributed by atoms with Crippen LogP contribution in [0, 0.1) is 0 Å². The molecule has 0 unspecified atom stereocenters. The Labute approximate surface area is 124 Å². The van der Waals surface area contributed by atoms with Gasteiger partial charge in [-0.1, -0.05) is 6.92 Å². The second-order valence-corrected chi connectivity index (χ2v) is 5.56. The molecule has 1 heterocycles.